The highest BCUT2D eigenvalue weighted by Crippen LogP contribution is 2.59. The van der Waals surface area contributed by atoms with Crippen LogP contribution < -0.4 is 0 Å². The lowest BCUT2D eigenvalue weighted by molar-refractivity contribution is -0.210. The van der Waals surface area contributed by atoms with E-state index in [4.69, 9.17) is 21.4 Å². The van der Waals surface area contributed by atoms with Gasteiger partial charge < -0.3 is 14.5 Å². The molecule has 0 aliphatic heterocycles. The van der Waals surface area contributed by atoms with Gasteiger partial charge in [0.25, 0.3) is 0 Å². The molecule has 0 heterocycles. The van der Waals surface area contributed by atoms with Crippen LogP contribution in [0.5, 0.6) is 0 Å². The van der Waals surface area contributed by atoms with Gasteiger partial charge in [-0.2, -0.15) is 26.3 Å². The van der Waals surface area contributed by atoms with Crippen molar-refractivity contribution in [3.8, 4) is 0 Å². The molecule has 0 fully saturated rings. The Kier molecular flexibility index (Phi) is 6.17. The van der Waals surface area contributed by atoms with Crippen LogP contribution >= 0.6 is 19.2 Å². The topological polar surface area (TPSA) is 66.8 Å². The standard InChI is InChI=1S/C7H10ClF6O4P/c8-1-2-18-5(19(15,16)17,3-6(9,10)11)4-7(12,13)14/h1-4H2,(H2,15,16,17). The third-order valence-corrected chi connectivity index (χ3v) is 3.59. The summed E-state index contributed by atoms with van der Waals surface area (Å²) in [5.74, 6) is -0.516. The van der Waals surface area contributed by atoms with E-state index < -0.39 is 50.6 Å². The highest BCUT2D eigenvalue weighted by atomic mass is 35.5. The molecule has 0 saturated carbocycles. The maximum absolute atomic E-state index is 12.3. The van der Waals surface area contributed by atoms with Gasteiger partial charge in [0.15, 0.2) is 5.34 Å². The Hall–Kier alpha value is -0.0200. The fraction of sp³-hybridized carbons (Fsp3) is 1.00. The largest absolute Gasteiger partial charge is 0.392 e. The third-order valence-electron chi connectivity index (χ3n) is 1.93. The Balaban J connectivity index is 5.53. The predicted octanol–water partition coefficient (Wildman–Crippen LogP) is 3.02. The Morgan fingerprint density at radius 1 is 1.00 bits per heavy atom. The fourth-order valence-corrected chi connectivity index (χ4v) is 2.42. The Morgan fingerprint density at radius 2 is 1.37 bits per heavy atom. The number of halogens is 7. The second-order valence-corrected chi connectivity index (χ2v) is 5.89. The van der Waals surface area contributed by atoms with E-state index in [9.17, 15) is 30.9 Å². The van der Waals surface area contributed by atoms with Gasteiger partial charge in [-0.15, -0.1) is 11.6 Å². The molecule has 0 atom stereocenters. The number of rotatable bonds is 6. The monoisotopic (exact) mass is 338 g/mol. The minimum absolute atomic E-state index is 0.516. The number of ether oxygens (including phenoxy) is 1. The van der Waals surface area contributed by atoms with Crippen molar-refractivity contribution < 1.29 is 45.4 Å². The lowest BCUT2D eigenvalue weighted by atomic mass is 10.1. The van der Waals surface area contributed by atoms with Gasteiger partial charge in [0, 0.05) is 5.88 Å². The lowest BCUT2D eigenvalue weighted by Gasteiger charge is -2.35. The summed E-state index contributed by atoms with van der Waals surface area (Å²) in [6, 6.07) is 0. The quantitative estimate of drug-likeness (QED) is 0.444. The van der Waals surface area contributed by atoms with Crippen LogP contribution in [0.25, 0.3) is 0 Å². The van der Waals surface area contributed by atoms with E-state index in [1.807, 2.05) is 0 Å². The highest BCUT2D eigenvalue weighted by Gasteiger charge is 2.59. The minimum Gasteiger partial charge on any atom is -0.360 e. The molecular weight excluding hydrogens is 328 g/mol. The molecular formula is C7H10ClF6O4P. The second kappa shape index (κ2) is 6.17. The zero-order valence-corrected chi connectivity index (χ0v) is 10.8. The fourth-order valence-electron chi connectivity index (χ4n) is 1.31. The average molecular weight is 339 g/mol. The van der Waals surface area contributed by atoms with Crippen molar-refractivity contribution in [2.45, 2.75) is 30.5 Å². The van der Waals surface area contributed by atoms with Gasteiger partial charge in [0.05, 0.1) is 19.4 Å². The van der Waals surface area contributed by atoms with E-state index in [0.29, 0.717) is 0 Å². The number of hydrogen-bond acceptors (Lipinski definition) is 2. The molecule has 4 nitrogen and oxygen atoms in total. The highest BCUT2D eigenvalue weighted by molar-refractivity contribution is 7.53. The van der Waals surface area contributed by atoms with Crippen LogP contribution in [0, 0.1) is 0 Å². The van der Waals surface area contributed by atoms with Gasteiger partial charge in [-0.3, -0.25) is 4.57 Å². The first-order valence-corrected chi connectivity index (χ1v) is 6.76. The molecule has 0 radical (unpaired) electrons. The predicted molar refractivity (Wildman–Crippen MR) is 52.8 cm³/mol. The molecule has 0 saturated heterocycles. The van der Waals surface area contributed by atoms with Crippen LogP contribution in [-0.2, 0) is 9.30 Å². The summed E-state index contributed by atoms with van der Waals surface area (Å²) >= 11 is 5.06. The maximum atomic E-state index is 12.3. The number of hydrogen-bond donors (Lipinski definition) is 2. The summed E-state index contributed by atoms with van der Waals surface area (Å²) in [6.07, 6.45) is -15.4. The van der Waals surface area contributed by atoms with Gasteiger partial charge in [-0.25, -0.2) is 0 Å². The zero-order chi connectivity index (χ0) is 15.5. The first kappa shape index (κ1) is 19.0. The summed E-state index contributed by atoms with van der Waals surface area (Å²) in [4.78, 5) is 17.6. The molecule has 0 amide bonds. The van der Waals surface area contributed by atoms with E-state index in [0.717, 1.165) is 0 Å². The SMILES string of the molecule is O=P(O)(O)C(CC(F)(F)F)(CC(F)(F)F)OCCCl. The van der Waals surface area contributed by atoms with E-state index in [1.165, 1.54) is 0 Å². The third kappa shape index (κ3) is 6.80. The summed E-state index contributed by atoms with van der Waals surface area (Å²) in [6.45, 7) is -0.862. The normalized spacial score (nSPS) is 14.8. The molecule has 0 aromatic rings. The van der Waals surface area contributed by atoms with Crippen molar-refractivity contribution in [1.82, 2.24) is 0 Å². The van der Waals surface area contributed by atoms with Crippen LogP contribution in [0.4, 0.5) is 26.3 Å². The smallest absolute Gasteiger partial charge is 0.360 e. The van der Waals surface area contributed by atoms with Gasteiger partial charge in [0.1, 0.15) is 0 Å². The average Bonchev–Trinajstić information content (AvgIpc) is 2.07. The molecule has 0 spiro atoms. The van der Waals surface area contributed by atoms with E-state index in [2.05, 4.69) is 4.74 Å². The Morgan fingerprint density at radius 3 is 1.58 bits per heavy atom. The molecule has 2 N–H and O–H groups in total. The summed E-state index contributed by atoms with van der Waals surface area (Å²) < 4.78 is 88.8. The van der Waals surface area contributed by atoms with E-state index in [1.54, 1.807) is 0 Å². The van der Waals surface area contributed by atoms with Crippen molar-refractivity contribution >= 4 is 19.2 Å². The molecule has 0 aliphatic carbocycles. The molecule has 0 aromatic carbocycles. The van der Waals surface area contributed by atoms with Crippen molar-refractivity contribution in [1.29, 1.82) is 0 Å². The summed E-state index contributed by atoms with van der Waals surface area (Å²) in [7, 11) is -5.85. The van der Waals surface area contributed by atoms with Crippen LogP contribution in [0.2, 0.25) is 0 Å². The van der Waals surface area contributed by atoms with Crippen LogP contribution in [0.15, 0.2) is 0 Å². The molecule has 19 heavy (non-hydrogen) atoms. The molecule has 12 heteroatoms. The van der Waals surface area contributed by atoms with E-state index in [-0.39, 0.29) is 0 Å². The van der Waals surface area contributed by atoms with Crippen LogP contribution in [-0.4, -0.2) is 40.0 Å². The minimum atomic E-state index is -5.85. The van der Waals surface area contributed by atoms with Gasteiger partial charge in [0.2, 0.25) is 0 Å². The van der Waals surface area contributed by atoms with Crippen LogP contribution in [0.1, 0.15) is 12.8 Å². The number of alkyl halides is 7. The van der Waals surface area contributed by atoms with Gasteiger partial charge in [-0.1, -0.05) is 0 Å². The van der Waals surface area contributed by atoms with Crippen molar-refractivity contribution in [2.24, 2.45) is 0 Å². The van der Waals surface area contributed by atoms with Crippen molar-refractivity contribution in [2.75, 3.05) is 12.5 Å². The first-order valence-electron chi connectivity index (χ1n) is 4.61. The Labute approximate surface area is 108 Å². The van der Waals surface area contributed by atoms with E-state index >= 15 is 0 Å². The van der Waals surface area contributed by atoms with Crippen LogP contribution in [0.3, 0.4) is 0 Å². The molecule has 0 bridgehead atoms. The van der Waals surface area contributed by atoms with Gasteiger partial charge >= 0.3 is 19.9 Å². The maximum Gasteiger partial charge on any atom is 0.392 e. The van der Waals surface area contributed by atoms with Crippen molar-refractivity contribution in [3.05, 3.63) is 0 Å². The summed E-state index contributed by atoms with van der Waals surface area (Å²) in [5.41, 5.74) is 0. The molecule has 0 unspecified atom stereocenters. The molecule has 116 valence electrons. The van der Waals surface area contributed by atoms with Crippen molar-refractivity contribution in [3.63, 3.8) is 0 Å². The molecule has 0 rings (SSSR count). The Bertz CT molecular complexity index is 321. The zero-order valence-electron chi connectivity index (χ0n) is 9.13. The first-order chi connectivity index (χ1) is 8.22. The molecule has 0 aliphatic rings. The second-order valence-electron chi connectivity index (χ2n) is 3.61. The summed E-state index contributed by atoms with van der Waals surface area (Å²) in [5, 5.41) is -3.71. The lowest BCUT2D eigenvalue weighted by Crippen LogP contribution is -2.42. The molecule has 0 aromatic heterocycles. The van der Waals surface area contributed by atoms with Gasteiger partial charge in [-0.05, 0) is 0 Å².